The second kappa shape index (κ2) is 6.48. The van der Waals surface area contributed by atoms with E-state index in [1.165, 1.54) is 5.56 Å². The van der Waals surface area contributed by atoms with Gasteiger partial charge in [-0.3, -0.25) is 9.00 Å². The number of carbonyl (C=O) groups is 1. The minimum atomic E-state index is -1.25. The first kappa shape index (κ1) is 14.5. The first-order valence-electron chi connectivity index (χ1n) is 6.34. The van der Waals surface area contributed by atoms with Gasteiger partial charge in [-0.25, -0.2) is 0 Å². The molecule has 0 heterocycles. The number of rotatable bonds is 5. The predicted molar refractivity (Wildman–Crippen MR) is 82.5 cm³/mol. The lowest BCUT2D eigenvalue weighted by Gasteiger charge is -2.08. The van der Waals surface area contributed by atoms with Crippen molar-refractivity contribution in [1.82, 2.24) is 0 Å². The third-order valence-electron chi connectivity index (χ3n) is 3.01. The maximum absolute atomic E-state index is 11.7. The van der Waals surface area contributed by atoms with Crippen LogP contribution in [0.3, 0.4) is 0 Å². The number of hydrogen-bond donors (Lipinski definition) is 1. The smallest absolute Gasteiger partial charge is 0.230 e. The van der Waals surface area contributed by atoms with Crippen LogP contribution in [0.4, 0.5) is 0 Å². The molecule has 4 heteroatoms. The van der Waals surface area contributed by atoms with Crippen molar-refractivity contribution in [2.24, 2.45) is 5.73 Å². The predicted octanol–water partition coefficient (Wildman–Crippen LogP) is 2.40. The van der Waals surface area contributed by atoms with Gasteiger partial charge in [0.2, 0.25) is 5.91 Å². The minimum Gasteiger partial charge on any atom is -0.369 e. The topological polar surface area (TPSA) is 60.2 Å². The highest BCUT2D eigenvalue weighted by Crippen LogP contribution is 2.24. The Morgan fingerprint density at radius 3 is 2.60 bits per heavy atom. The molecule has 2 aromatic carbocycles. The van der Waals surface area contributed by atoms with E-state index in [0.717, 1.165) is 16.7 Å². The Morgan fingerprint density at radius 2 is 1.90 bits per heavy atom. The van der Waals surface area contributed by atoms with Crippen molar-refractivity contribution in [3.63, 3.8) is 0 Å². The van der Waals surface area contributed by atoms with E-state index >= 15 is 0 Å². The summed E-state index contributed by atoms with van der Waals surface area (Å²) in [5, 5.41) is 0. The molecule has 0 aliphatic rings. The normalized spacial score (nSPS) is 12.1. The highest BCUT2D eigenvalue weighted by atomic mass is 32.2. The van der Waals surface area contributed by atoms with E-state index < -0.39 is 16.7 Å². The third kappa shape index (κ3) is 3.78. The number of carbonyl (C=O) groups excluding carboxylic acids is 1. The third-order valence-corrected chi connectivity index (χ3v) is 4.28. The van der Waals surface area contributed by atoms with Gasteiger partial charge in [-0.15, -0.1) is 0 Å². The van der Waals surface area contributed by atoms with Crippen molar-refractivity contribution < 1.29 is 9.00 Å². The van der Waals surface area contributed by atoms with E-state index in [1.807, 2.05) is 36.4 Å². The van der Waals surface area contributed by atoms with Gasteiger partial charge in [0, 0.05) is 16.6 Å². The average molecular weight is 287 g/mol. The molecule has 1 atom stereocenters. The monoisotopic (exact) mass is 287 g/mol. The van der Waals surface area contributed by atoms with Gasteiger partial charge in [0.05, 0.1) is 0 Å². The highest BCUT2D eigenvalue weighted by Gasteiger charge is 2.07. The van der Waals surface area contributed by atoms with Crippen LogP contribution in [0.2, 0.25) is 0 Å². The van der Waals surface area contributed by atoms with Crippen LogP contribution in [-0.4, -0.2) is 15.9 Å². The molecule has 20 heavy (non-hydrogen) atoms. The fourth-order valence-electron chi connectivity index (χ4n) is 2.12. The number of amides is 1. The van der Waals surface area contributed by atoms with Gasteiger partial charge in [-0.2, -0.15) is 0 Å². The van der Waals surface area contributed by atoms with Gasteiger partial charge in [-0.1, -0.05) is 48.5 Å². The van der Waals surface area contributed by atoms with Gasteiger partial charge >= 0.3 is 0 Å². The van der Waals surface area contributed by atoms with E-state index in [9.17, 15) is 9.00 Å². The van der Waals surface area contributed by atoms with Gasteiger partial charge in [0.1, 0.15) is 5.75 Å². The Hall–Kier alpha value is -1.94. The fraction of sp³-hybridized carbons (Fsp3) is 0.188. The van der Waals surface area contributed by atoms with Crippen LogP contribution in [0.1, 0.15) is 11.1 Å². The molecule has 0 fully saturated rings. The summed E-state index contributed by atoms with van der Waals surface area (Å²) < 4.78 is 11.7. The lowest BCUT2D eigenvalue weighted by atomic mass is 9.99. The Kier molecular flexibility index (Phi) is 4.69. The zero-order valence-electron chi connectivity index (χ0n) is 11.3. The molecule has 2 rings (SSSR count). The van der Waals surface area contributed by atoms with Crippen molar-refractivity contribution >= 4 is 16.7 Å². The summed E-state index contributed by atoms with van der Waals surface area (Å²) in [6.45, 7) is 2.06. The molecule has 1 unspecified atom stereocenters. The number of benzene rings is 2. The lowest BCUT2D eigenvalue weighted by Crippen LogP contribution is -2.20. The first-order chi connectivity index (χ1) is 9.56. The molecule has 2 N–H and O–H groups in total. The molecule has 0 aliphatic carbocycles. The minimum absolute atomic E-state index is 0.0887. The quantitative estimate of drug-likeness (QED) is 0.918. The van der Waals surface area contributed by atoms with Gasteiger partial charge in [0.15, 0.2) is 0 Å². The summed E-state index contributed by atoms with van der Waals surface area (Å²) in [6.07, 6.45) is 0. The maximum Gasteiger partial charge on any atom is 0.230 e. The molecule has 0 saturated carbocycles. The van der Waals surface area contributed by atoms with Crippen LogP contribution in [0, 0.1) is 6.92 Å². The van der Waals surface area contributed by atoms with E-state index in [2.05, 4.69) is 19.1 Å². The Morgan fingerprint density at radius 1 is 1.15 bits per heavy atom. The molecule has 0 aromatic heterocycles. The van der Waals surface area contributed by atoms with Crippen molar-refractivity contribution in [3.05, 3.63) is 59.7 Å². The molecular formula is C16H17NO2S. The summed E-state index contributed by atoms with van der Waals surface area (Å²) in [5.74, 6) is -0.268. The summed E-state index contributed by atoms with van der Waals surface area (Å²) >= 11 is 0. The van der Waals surface area contributed by atoms with Crippen LogP contribution in [-0.2, 0) is 21.3 Å². The largest absolute Gasteiger partial charge is 0.369 e. The number of aryl methyl sites for hydroxylation is 1. The molecular weight excluding hydrogens is 270 g/mol. The van der Waals surface area contributed by atoms with Crippen LogP contribution < -0.4 is 5.73 Å². The first-order valence-corrected chi connectivity index (χ1v) is 7.83. The second-order valence-electron chi connectivity index (χ2n) is 4.71. The Bertz CT molecular complexity index is 652. The maximum atomic E-state index is 11.7. The second-order valence-corrected chi connectivity index (χ2v) is 6.17. The number of nitrogens with two attached hydrogens (primary N) is 1. The summed E-state index contributed by atoms with van der Waals surface area (Å²) in [6, 6.07) is 16.0. The molecule has 0 saturated heterocycles. The number of hydrogen-bond acceptors (Lipinski definition) is 2. The van der Waals surface area contributed by atoms with Crippen molar-refractivity contribution in [2.75, 3.05) is 5.75 Å². The highest BCUT2D eigenvalue weighted by molar-refractivity contribution is 7.84. The Balaban J connectivity index is 2.23. The summed E-state index contributed by atoms with van der Waals surface area (Å²) in [5.41, 5.74) is 9.46. The zero-order valence-corrected chi connectivity index (χ0v) is 12.2. The average Bonchev–Trinajstić information content (AvgIpc) is 2.38. The van der Waals surface area contributed by atoms with Crippen LogP contribution in [0.15, 0.2) is 48.5 Å². The van der Waals surface area contributed by atoms with Crippen LogP contribution >= 0.6 is 0 Å². The van der Waals surface area contributed by atoms with E-state index in [4.69, 9.17) is 5.73 Å². The molecule has 0 radical (unpaired) electrons. The molecule has 0 bridgehead atoms. The molecule has 1 amide bonds. The molecule has 0 spiro atoms. The molecule has 0 aliphatic heterocycles. The lowest BCUT2D eigenvalue weighted by molar-refractivity contribution is -0.115. The van der Waals surface area contributed by atoms with Crippen LogP contribution in [0.25, 0.3) is 11.1 Å². The molecule has 104 valence electrons. The van der Waals surface area contributed by atoms with Crippen molar-refractivity contribution in [3.8, 4) is 11.1 Å². The van der Waals surface area contributed by atoms with Gasteiger partial charge < -0.3 is 5.73 Å². The zero-order chi connectivity index (χ0) is 14.5. The standard InChI is InChI=1S/C16H17NO2S/c1-12-5-2-3-8-15(12)14-7-4-6-13(9-14)10-20(19)11-16(17)18/h2-9H,10-11H2,1H3,(H2,17,18). The van der Waals surface area contributed by atoms with Crippen LogP contribution in [0.5, 0.6) is 0 Å². The fourth-order valence-corrected chi connectivity index (χ4v) is 3.09. The summed E-state index contributed by atoms with van der Waals surface area (Å²) in [7, 11) is -1.25. The van der Waals surface area contributed by atoms with E-state index in [-0.39, 0.29) is 5.75 Å². The van der Waals surface area contributed by atoms with Crippen molar-refractivity contribution in [1.29, 1.82) is 0 Å². The van der Waals surface area contributed by atoms with Crippen molar-refractivity contribution in [2.45, 2.75) is 12.7 Å². The molecule has 2 aromatic rings. The SMILES string of the molecule is Cc1ccccc1-c1cccc(CS(=O)CC(N)=O)c1. The molecule has 3 nitrogen and oxygen atoms in total. The van der Waals surface area contributed by atoms with Gasteiger partial charge in [0.25, 0.3) is 0 Å². The van der Waals surface area contributed by atoms with E-state index in [1.54, 1.807) is 0 Å². The Labute approximate surface area is 121 Å². The summed E-state index contributed by atoms with van der Waals surface area (Å²) in [4.78, 5) is 10.8. The van der Waals surface area contributed by atoms with Gasteiger partial charge in [-0.05, 0) is 29.2 Å². The number of primary amides is 1. The van der Waals surface area contributed by atoms with E-state index in [0.29, 0.717) is 5.75 Å².